The average Bonchev–Trinajstić information content (AvgIpc) is 2.64. The number of aromatic nitrogens is 2. The molecule has 0 fully saturated rings. The van der Waals surface area contributed by atoms with Gasteiger partial charge in [-0.1, -0.05) is 0 Å². The smallest absolute Gasteiger partial charge is 0.165 e. The number of halogens is 2. The van der Waals surface area contributed by atoms with Gasteiger partial charge < -0.3 is 0 Å². The highest BCUT2D eigenvalue weighted by Crippen LogP contribution is 2.16. The van der Waals surface area contributed by atoms with Crippen molar-refractivity contribution in [2.45, 2.75) is 6.42 Å². The van der Waals surface area contributed by atoms with E-state index in [0.717, 1.165) is 18.2 Å². The number of rotatable bonds is 2. The van der Waals surface area contributed by atoms with Crippen molar-refractivity contribution in [2.24, 2.45) is 7.05 Å². The van der Waals surface area contributed by atoms with E-state index in [9.17, 15) is 8.78 Å². The largest absolute Gasteiger partial charge is 0.274 e. The van der Waals surface area contributed by atoms with E-state index in [-0.39, 0.29) is 17.7 Å². The van der Waals surface area contributed by atoms with Gasteiger partial charge in [-0.2, -0.15) is 10.4 Å². The second-order valence-electron chi connectivity index (χ2n) is 3.70. The van der Waals surface area contributed by atoms with Crippen LogP contribution < -0.4 is 0 Å². The lowest BCUT2D eigenvalue weighted by atomic mass is 10.1. The predicted octanol–water partition coefficient (Wildman–Crippen LogP) is 2.16. The SMILES string of the molecule is Cn1cc(Cc2cc(F)ccc2F)c(C#N)n1. The van der Waals surface area contributed by atoms with Crippen LogP contribution in [0.4, 0.5) is 8.78 Å². The van der Waals surface area contributed by atoms with Crippen molar-refractivity contribution in [3.63, 3.8) is 0 Å². The van der Waals surface area contributed by atoms with Gasteiger partial charge in [-0.3, -0.25) is 4.68 Å². The third-order valence-electron chi connectivity index (χ3n) is 2.40. The maximum absolute atomic E-state index is 13.4. The molecule has 1 heterocycles. The number of aryl methyl sites for hydroxylation is 1. The van der Waals surface area contributed by atoms with Crippen LogP contribution in [0, 0.1) is 23.0 Å². The second kappa shape index (κ2) is 4.34. The topological polar surface area (TPSA) is 41.6 Å². The van der Waals surface area contributed by atoms with E-state index >= 15 is 0 Å². The monoisotopic (exact) mass is 233 g/mol. The molecule has 1 aromatic carbocycles. The fraction of sp³-hybridized carbons (Fsp3) is 0.167. The van der Waals surface area contributed by atoms with Crippen molar-refractivity contribution in [3.05, 3.63) is 52.9 Å². The van der Waals surface area contributed by atoms with E-state index in [1.807, 2.05) is 6.07 Å². The molecule has 0 saturated carbocycles. The Bertz CT molecular complexity index is 596. The molecule has 17 heavy (non-hydrogen) atoms. The molecule has 2 aromatic rings. The third kappa shape index (κ3) is 2.31. The zero-order valence-electron chi connectivity index (χ0n) is 9.11. The van der Waals surface area contributed by atoms with Gasteiger partial charge in [-0.15, -0.1) is 0 Å². The van der Waals surface area contributed by atoms with Crippen LogP contribution in [-0.4, -0.2) is 9.78 Å². The second-order valence-corrected chi connectivity index (χ2v) is 3.70. The molecule has 0 aliphatic carbocycles. The summed E-state index contributed by atoms with van der Waals surface area (Å²) in [6, 6.07) is 5.19. The lowest BCUT2D eigenvalue weighted by molar-refractivity contribution is 0.588. The fourth-order valence-electron chi connectivity index (χ4n) is 1.64. The minimum Gasteiger partial charge on any atom is -0.274 e. The number of hydrogen-bond donors (Lipinski definition) is 0. The molecule has 2 rings (SSSR count). The van der Waals surface area contributed by atoms with Crippen molar-refractivity contribution in [1.82, 2.24) is 9.78 Å². The molecule has 5 heteroatoms. The van der Waals surface area contributed by atoms with Gasteiger partial charge in [-0.05, 0) is 23.8 Å². The summed E-state index contributed by atoms with van der Waals surface area (Å²) < 4.78 is 27.9. The van der Waals surface area contributed by atoms with E-state index in [4.69, 9.17) is 5.26 Å². The van der Waals surface area contributed by atoms with Gasteiger partial charge in [0.15, 0.2) is 5.69 Å². The van der Waals surface area contributed by atoms with Crippen molar-refractivity contribution in [3.8, 4) is 6.07 Å². The summed E-state index contributed by atoms with van der Waals surface area (Å²) >= 11 is 0. The third-order valence-corrected chi connectivity index (χ3v) is 2.40. The van der Waals surface area contributed by atoms with Crippen LogP contribution in [0.15, 0.2) is 24.4 Å². The molecule has 0 N–H and O–H groups in total. The highest BCUT2D eigenvalue weighted by Gasteiger charge is 2.11. The van der Waals surface area contributed by atoms with E-state index in [2.05, 4.69) is 5.10 Å². The molecule has 0 bridgehead atoms. The first kappa shape index (κ1) is 11.3. The highest BCUT2D eigenvalue weighted by atomic mass is 19.1. The van der Waals surface area contributed by atoms with Gasteiger partial charge in [0, 0.05) is 25.2 Å². The summed E-state index contributed by atoms with van der Waals surface area (Å²) in [5.41, 5.74) is 1.03. The molecule has 0 aliphatic heterocycles. The maximum atomic E-state index is 13.4. The predicted molar refractivity (Wildman–Crippen MR) is 57.1 cm³/mol. The van der Waals surface area contributed by atoms with Gasteiger partial charge in [-0.25, -0.2) is 8.78 Å². The molecule has 0 spiro atoms. The van der Waals surface area contributed by atoms with E-state index in [1.54, 1.807) is 13.2 Å². The van der Waals surface area contributed by atoms with Gasteiger partial charge in [0.05, 0.1) is 0 Å². The van der Waals surface area contributed by atoms with Crippen molar-refractivity contribution in [2.75, 3.05) is 0 Å². The normalized spacial score (nSPS) is 10.2. The molecule has 1 aromatic heterocycles. The van der Waals surface area contributed by atoms with Crippen molar-refractivity contribution in [1.29, 1.82) is 5.26 Å². The van der Waals surface area contributed by atoms with E-state index in [0.29, 0.717) is 5.56 Å². The Morgan fingerprint density at radius 3 is 2.82 bits per heavy atom. The Kier molecular flexibility index (Phi) is 2.88. The van der Waals surface area contributed by atoms with Gasteiger partial charge >= 0.3 is 0 Å². The van der Waals surface area contributed by atoms with Crippen molar-refractivity contribution >= 4 is 0 Å². The molecule has 0 atom stereocenters. The minimum atomic E-state index is -0.496. The van der Waals surface area contributed by atoms with E-state index in [1.165, 1.54) is 4.68 Å². The van der Waals surface area contributed by atoms with Gasteiger partial charge in [0.2, 0.25) is 0 Å². The first-order chi connectivity index (χ1) is 8.10. The van der Waals surface area contributed by atoms with Crippen LogP contribution in [0.25, 0.3) is 0 Å². The molecule has 0 saturated heterocycles. The van der Waals surface area contributed by atoms with Crippen LogP contribution >= 0.6 is 0 Å². The first-order valence-electron chi connectivity index (χ1n) is 4.96. The van der Waals surface area contributed by atoms with Crippen LogP contribution in [0.1, 0.15) is 16.8 Å². The number of nitriles is 1. The lowest BCUT2D eigenvalue weighted by Gasteiger charge is -2.01. The lowest BCUT2D eigenvalue weighted by Crippen LogP contribution is -1.94. The summed E-state index contributed by atoms with van der Waals surface area (Å²) in [5, 5.41) is 12.8. The zero-order valence-corrected chi connectivity index (χ0v) is 9.11. The quantitative estimate of drug-likeness (QED) is 0.797. The molecule has 3 nitrogen and oxygen atoms in total. The Balaban J connectivity index is 2.38. The first-order valence-corrected chi connectivity index (χ1v) is 4.96. The zero-order chi connectivity index (χ0) is 12.4. The van der Waals surface area contributed by atoms with Crippen LogP contribution in [-0.2, 0) is 13.5 Å². The number of benzene rings is 1. The van der Waals surface area contributed by atoms with E-state index < -0.39 is 11.6 Å². The highest BCUT2D eigenvalue weighted by molar-refractivity contribution is 5.34. The molecule has 0 radical (unpaired) electrons. The van der Waals surface area contributed by atoms with Crippen LogP contribution in [0.3, 0.4) is 0 Å². The molecule has 0 amide bonds. The summed E-state index contributed by atoms with van der Waals surface area (Å²) in [6.07, 6.45) is 1.78. The summed E-state index contributed by atoms with van der Waals surface area (Å²) in [4.78, 5) is 0. The molecule has 0 unspecified atom stereocenters. The molecule has 0 aliphatic rings. The van der Waals surface area contributed by atoms with Gasteiger partial charge in [0.25, 0.3) is 0 Å². The number of nitrogens with zero attached hydrogens (tertiary/aromatic N) is 3. The standard InChI is InChI=1S/C12H9F2N3/c1-17-7-9(12(6-15)16-17)4-8-5-10(13)2-3-11(8)14/h2-3,5,7H,4H2,1H3. The molecule has 86 valence electrons. The summed E-state index contributed by atoms with van der Waals surface area (Å²) in [5.74, 6) is -0.983. The fourth-order valence-corrected chi connectivity index (χ4v) is 1.64. The minimum absolute atomic E-state index is 0.153. The number of hydrogen-bond acceptors (Lipinski definition) is 2. The molecular formula is C12H9F2N3. The summed E-state index contributed by atoms with van der Waals surface area (Å²) in [7, 11) is 1.67. The maximum Gasteiger partial charge on any atom is 0.165 e. The molecular weight excluding hydrogens is 224 g/mol. The Morgan fingerprint density at radius 2 is 2.12 bits per heavy atom. The average molecular weight is 233 g/mol. The Labute approximate surface area is 96.9 Å². The Morgan fingerprint density at radius 1 is 1.35 bits per heavy atom. The Hall–Kier alpha value is -2.22. The van der Waals surface area contributed by atoms with Gasteiger partial charge in [0.1, 0.15) is 17.7 Å². The van der Waals surface area contributed by atoms with Crippen molar-refractivity contribution < 1.29 is 8.78 Å². The summed E-state index contributed by atoms with van der Waals surface area (Å²) in [6.45, 7) is 0. The van der Waals surface area contributed by atoms with Crippen LogP contribution in [0.2, 0.25) is 0 Å². The van der Waals surface area contributed by atoms with Crippen LogP contribution in [0.5, 0.6) is 0 Å².